The summed E-state index contributed by atoms with van der Waals surface area (Å²) in [4.78, 5) is 27.9. The van der Waals surface area contributed by atoms with Crippen LogP contribution in [-0.2, 0) is 9.53 Å². The van der Waals surface area contributed by atoms with Crippen molar-refractivity contribution in [1.29, 1.82) is 0 Å². The summed E-state index contributed by atoms with van der Waals surface area (Å²) < 4.78 is 5.81. The zero-order valence-corrected chi connectivity index (χ0v) is 19.7. The van der Waals surface area contributed by atoms with Gasteiger partial charge in [-0.05, 0) is 30.4 Å². The van der Waals surface area contributed by atoms with E-state index in [1.807, 2.05) is 17.9 Å². The molecule has 0 bridgehead atoms. The Balaban J connectivity index is 1.33. The van der Waals surface area contributed by atoms with Crippen LogP contribution in [0.5, 0.6) is 0 Å². The molecule has 178 valence electrons. The zero-order valence-electron chi connectivity index (χ0n) is 19.7. The Labute approximate surface area is 200 Å². The van der Waals surface area contributed by atoms with Crippen molar-refractivity contribution in [3.63, 3.8) is 0 Å². The van der Waals surface area contributed by atoms with Crippen LogP contribution in [0.15, 0.2) is 42.7 Å². The Hall–Kier alpha value is -3.10. The molecule has 1 unspecified atom stereocenters. The quantitative estimate of drug-likeness (QED) is 0.584. The molecule has 0 saturated carbocycles. The molecule has 2 N–H and O–H groups in total. The molecular formula is C26H32N6O2. The number of nitrogens with one attached hydrogen (secondary N) is 2. The molecule has 1 aromatic carbocycles. The Kier molecular flexibility index (Phi) is 6.97. The lowest BCUT2D eigenvalue weighted by Crippen LogP contribution is -2.42. The van der Waals surface area contributed by atoms with Crippen molar-refractivity contribution in [2.45, 2.75) is 38.2 Å². The number of ether oxygens (including phenoxy) is 1. The highest BCUT2D eigenvalue weighted by Crippen LogP contribution is 2.31. The molecule has 3 aromatic rings. The highest BCUT2D eigenvalue weighted by Gasteiger charge is 2.23. The van der Waals surface area contributed by atoms with Gasteiger partial charge in [0.2, 0.25) is 5.91 Å². The number of carbonyl (C=O) groups is 1. The SMILES string of the molecule is CCC(=O)N1CCC(c2ccc(-c3cc4nccnc4c(NCC4CNCCO4)n3)cc2)CC1. The Morgan fingerprint density at radius 2 is 1.97 bits per heavy atom. The minimum absolute atomic E-state index is 0.101. The van der Waals surface area contributed by atoms with E-state index in [4.69, 9.17) is 9.72 Å². The molecule has 8 nitrogen and oxygen atoms in total. The molecule has 2 aliphatic rings. The first-order valence-electron chi connectivity index (χ1n) is 12.3. The first kappa shape index (κ1) is 22.7. The molecule has 0 radical (unpaired) electrons. The van der Waals surface area contributed by atoms with Gasteiger partial charge in [-0.15, -0.1) is 0 Å². The number of nitrogens with zero attached hydrogens (tertiary/aromatic N) is 4. The fraction of sp³-hybridized carbons (Fsp3) is 0.462. The van der Waals surface area contributed by atoms with Gasteiger partial charge in [-0.25, -0.2) is 9.97 Å². The fourth-order valence-electron chi connectivity index (χ4n) is 4.82. The zero-order chi connectivity index (χ0) is 23.3. The summed E-state index contributed by atoms with van der Waals surface area (Å²) in [6, 6.07) is 10.7. The van der Waals surface area contributed by atoms with Crippen molar-refractivity contribution < 1.29 is 9.53 Å². The summed E-state index contributed by atoms with van der Waals surface area (Å²) in [6.45, 7) is 6.72. The number of pyridine rings is 1. The molecule has 2 aromatic heterocycles. The molecule has 2 fully saturated rings. The van der Waals surface area contributed by atoms with E-state index in [0.717, 1.165) is 73.7 Å². The predicted molar refractivity (Wildman–Crippen MR) is 133 cm³/mol. The van der Waals surface area contributed by atoms with Gasteiger partial charge in [-0.1, -0.05) is 31.2 Å². The van der Waals surface area contributed by atoms with Gasteiger partial charge in [0.15, 0.2) is 5.82 Å². The van der Waals surface area contributed by atoms with Crippen LogP contribution in [0.3, 0.4) is 0 Å². The summed E-state index contributed by atoms with van der Waals surface area (Å²) in [5.74, 6) is 1.48. The average molecular weight is 461 g/mol. The number of benzene rings is 1. The van der Waals surface area contributed by atoms with Gasteiger partial charge >= 0.3 is 0 Å². The van der Waals surface area contributed by atoms with Crippen LogP contribution in [0, 0.1) is 0 Å². The number of carbonyl (C=O) groups excluding carboxylic acids is 1. The van der Waals surface area contributed by atoms with Crippen LogP contribution in [0.2, 0.25) is 0 Å². The van der Waals surface area contributed by atoms with Crippen molar-refractivity contribution in [2.75, 3.05) is 44.6 Å². The van der Waals surface area contributed by atoms with Crippen molar-refractivity contribution >= 4 is 22.8 Å². The molecular weight excluding hydrogens is 428 g/mol. The maximum absolute atomic E-state index is 12.0. The molecule has 0 aliphatic carbocycles. The topological polar surface area (TPSA) is 92.3 Å². The van der Waals surface area contributed by atoms with E-state index in [2.05, 4.69) is 44.9 Å². The second kappa shape index (κ2) is 10.4. The van der Waals surface area contributed by atoms with E-state index >= 15 is 0 Å². The largest absolute Gasteiger partial charge is 0.374 e. The summed E-state index contributed by atoms with van der Waals surface area (Å²) in [7, 11) is 0. The number of likely N-dealkylation sites (tertiary alicyclic amines) is 1. The van der Waals surface area contributed by atoms with Gasteiger partial charge in [0.05, 0.1) is 23.9 Å². The lowest BCUT2D eigenvalue weighted by Gasteiger charge is -2.32. The molecule has 5 rings (SSSR count). The van der Waals surface area contributed by atoms with Crippen molar-refractivity contribution in [3.8, 4) is 11.3 Å². The number of morpholine rings is 1. The smallest absolute Gasteiger partial charge is 0.222 e. The highest BCUT2D eigenvalue weighted by molar-refractivity contribution is 5.88. The molecule has 34 heavy (non-hydrogen) atoms. The number of piperidine rings is 1. The summed E-state index contributed by atoms with van der Waals surface area (Å²) in [5.41, 5.74) is 4.82. The second-order valence-electron chi connectivity index (χ2n) is 8.99. The monoisotopic (exact) mass is 460 g/mol. The number of amides is 1. The lowest BCUT2D eigenvalue weighted by atomic mass is 9.88. The van der Waals surface area contributed by atoms with Crippen LogP contribution in [0.1, 0.15) is 37.7 Å². The lowest BCUT2D eigenvalue weighted by molar-refractivity contribution is -0.131. The molecule has 0 spiro atoms. The summed E-state index contributed by atoms with van der Waals surface area (Å²) in [5, 5.41) is 6.79. The second-order valence-corrected chi connectivity index (χ2v) is 8.99. The third-order valence-electron chi connectivity index (χ3n) is 6.79. The van der Waals surface area contributed by atoms with Crippen molar-refractivity contribution in [3.05, 3.63) is 48.3 Å². The fourth-order valence-corrected chi connectivity index (χ4v) is 4.82. The van der Waals surface area contributed by atoms with E-state index < -0.39 is 0 Å². The van der Waals surface area contributed by atoms with E-state index in [1.54, 1.807) is 12.4 Å². The van der Waals surface area contributed by atoms with Gasteiger partial charge in [-0.2, -0.15) is 0 Å². The van der Waals surface area contributed by atoms with Gasteiger partial charge in [0.1, 0.15) is 5.52 Å². The summed E-state index contributed by atoms with van der Waals surface area (Å²) >= 11 is 0. The first-order valence-corrected chi connectivity index (χ1v) is 12.3. The minimum atomic E-state index is 0.101. The number of fused-ring (bicyclic) bond motifs is 1. The Bertz CT molecular complexity index is 1120. The standard InChI is InChI=1S/C26H32N6O2/c1-2-24(33)32-12-7-19(8-13-32)18-3-5-20(6-4-18)22-15-23-25(29-10-9-28-23)26(31-22)30-17-21-16-27-11-14-34-21/h3-6,9-10,15,19,21,27H,2,7-8,11-14,16-17H2,1H3,(H,30,31). The van der Waals surface area contributed by atoms with Gasteiger partial charge < -0.3 is 20.3 Å². The van der Waals surface area contributed by atoms with Crippen LogP contribution in [0.4, 0.5) is 5.82 Å². The molecule has 2 aliphatic heterocycles. The Morgan fingerprint density at radius 1 is 1.18 bits per heavy atom. The Morgan fingerprint density at radius 3 is 2.71 bits per heavy atom. The van der Waals surface area contributed by atoms with Gasteiger partial charge in [-0.3, -0.25) is 9.78 Å². The summed E-state index contributed by atoms with van der Waals surface area (Å²) in [6.07, 6.45) is 6.13. The molecule has 2 saturated heterocycles. The number of hydrogen-bond donors (Lipinski definition) is 2. The number of anilines is 1. The van der Waals surface area contributed by atoms with Crippen LogP contribution in [0.25, 0.3) is 22.3 Å². The van der Waals surface area contributed by atoms with Crippen LogP contribution >= 0.6 is 0 Å². The third-order valence-corrected chi connectivity index (χ3v) is 6.79. The highest BCUT2D eigenvalue weighted by atomic mass is 16.5. The maximum atomic E-state index is 12.0. The number of aromatic nitrogens is 3. The van der Waals surface area contributed by atoms with Crippen molar-refractivity contribution in [2.24, 2.45) is 0 Å². The first-order chi connectivity index (χ1) is 16.7. The predicted octanol–water partition coefficient (Wildman–Crippen LogP) is 3.21. The minimum Gasteiger partial charge on any atom is -0.374 e. The number of hydrogen-bond acceptors (Lipinski definition) is 7. The van der Waals surface area contributed by atoms with E-state index in [-0.39, 0.29) is 12.0 Å². The van der Waals surface area contributed by atoms with E-state index in [9.17, 15) is 4.79 Å². The maximum Gasteiger partial charge on any atom is 0.222 e. The molecule has 8 heteroatoms. The normalized spacial score (nSPS) is 19.3. The number of rotatable bonds is 6. The van der Waals surface area contributed by atoms with Crippen LogP contribution < -0.4 is 10.6 Å². The van der Waals surface area contributed by atoms with E-state index in [1.165, 1.54) is 5.56 Å². The molecule has 1 atom stereocenters. The average Bonchev–Trinajstić information content (AvgIpc) is 2.92. The molecule has 4 heterocycles. The molecule has 1 amide bonds. The van der Waals surface area contributed by atoms with Crippen molar-refractivity contribution in [1.82, 2.24) is 25.2 Å². The van der Waals surface area contributed by atoms with Gasteiger partial charge in [0.25, 0.3) is 0 Å². The van der Waals surface area contributed by atoms with Gasteiger partial charge in [0, 0.05) is 57.1 Å². The van der Waals surface area contributed by atoms with Crippen LogP contribution in [-0.4, -0.2) is 71.2 Å². The third kappa shape index (κ3) is 5.03. The van der Waals surface area contributed by atoms with E-state index in [0.29, 0.717) is 18.9 Å².